The molecule has 3 aliphatic rings. The van der Waals surface area contributed by atoms with Gasteiger partial charge >= 0.3 is 0 Å². The molecule has 1 saturated carbocycles. The van der Waals surface area contributed by atoms with Gasteiger partial charge in [0.1, 0.15) is 17.7 Å². The van der Waals surface area contributed by atoms with Crippen LogP contribution in [0.25, 0.3) is 11.2 Å². The second kappa shape index (κ2) is 10.8. The first-order valence-electron chi connectivity index (χ1n) is 13.4. The van der Waals surface area contributed by atoms with E-state index in [0.717, 1.165) is 62.2 Å². The molecule has 0 bridgehead atoms. The monoisotopic (exact) mass is 523 g/mol. The Morgan fingerprint density at radius 1 is 1.13 bits per heavy atom. The number of anilines is 2. The van der Waals surface area contributed by atoms with Gasteiger partial charge in [0.2, 0.25) is 6.41 Å². The molecular formula is C27H38FN9O. The molecule has 1 aromatic carbocycles. The van der Waals surface area contributed by atoms with Gasteiger partial charge in [-0.2, -0.15) is 0 Å². The summed E-state index contributed by atoms with van der Waals surface area (Å²) in [5.74, 6) is 0.175. The predicted molar refractivity (Wildman–Crippen MR) is 146 cm³/mol. The van der Waals surface area contributed by atoms with E-state index in [-0.39, 0.29) is 17.3 Å². The first-order chi connectivity index (χ1) is 18.2. The summed E-state index contributed by atoms with van der Waals surface area (Å²) in [7, 11) is 0. The standard InChI is InChI=1S/C23H31FN8.C4H7NO/c1-23(2)6-8-30(12-23)10-16-17(11-32-14-29-20-21(26)27-13-28-22(20)32)19(4-3-18(16)24)31-7-5-15(25)9-31;6-3-5-4-1-2-4/h3-4,13-15H,5-12,25H2,1-2H3,(H2,26,27,28);3-4H,1-2H2,(H,5,6). The second-order valence-corrected chi connectivity index (χ2v) is 11.5. The lowest BCUT2D eigenvalue weighted by Crippen LogP contribution is -2.29. The molecule has 38 heavy (non-hydrogen) atoms. The van der Waals surface area contributed by atoms with Crippen LogP contribution in [0.3, 0.4) is 0 Å². The fourth-order valence-corrected chi connectivity index (χ4v) is 5.42. The van der Waals surface area contributed by atoms with Crippen molar-refractivity contribution in [1.29, 1.82) is 0 Å². The summed E-state index contributed by atoms with van der Waals surface area (Å²) in [4.78, 5) is 27.0. The van der Waals surface area contributed by atoms with Crippen molar-refractivity contribution in [2.75, 3.05) is 36.8 Å². The zero-order chi connectivity index (χ0) is 26.9. The Morgan fingerprint density at radius 2 is 1.95 bits per heavy atom. The molecule has 1 unspecified atom stereocenters. The number of benzene rings is 1. The maximum atomic E-state index is 15.3. The van der Waals surface area contributed by atoms with Crippen molar-refractivity contribution in [2.24, 2.45) is 11.1 Å². The Bertz CT molecular complexity index is 1290. The number of carbonyl (C=O) groups excluding carboxylic acids is 1. The van der Waals surface area contributed by atoms with Crippen LogP contribution in [0.4, 0.5) is 15.9 Å². The fourth-order valence-electron chi connectivity index (χ4n) is 5.42. The van der Waals surface area contributed by atoms with Crippen molar-refractivity contribution in [2.45, 2.75) is 64.7 Å². The highest BCUT2D eigenvalue weighted by atomic mass is 19.1. The lowest BCUT2D eigenvalue weighted by Gasteiger charge is -2.27. The minimum absolute atomic E-state index is 0.136. The predicted octanol–water partition coefficient (Wildman–Crippen LogP) is 2.26. The Morgan fingerprint density at radius 3 is 2.58 bits per heavy atom. The molecule has 11 heteroatoms. The van der Waals surface area contributed by atoms with Crippen LogP contribution in [0.15, 0.2) is 24.8 Å². The van der Waals surface area contributed by atoms with Gasteiger partial charge in [-0.15, -0.1) is 0 Å². The third-order valence-corrected chi connectivity index (χ3v) is 7.69. The van der Waals surface area contributed by atoms with E-state index in [1.54, 1.807) is 12.4 Å². The molecular weight excluding hydrogens is 485 g/mol. The summed E-state index contributed by atoms with van der Waals surface area (Å²) < 4.78 is 17.2. The Labute approximate surface area is 222 Å². The van der Waals surface area contributed by atoms with Crippen molar-refractivity contribution in [3.63, 3.8) is 0 Å². The number of likely N-dealkylation sites (tertiary alicyclic amines) is 1. The largest absolute Gasteiger partial charge is 0.382 e. The number of nitrogen functional groups attached to an aromatic ring is 1. The molecule has 0 radical (unpaired) electrons. The van der Waals surface area contributed by atoms with E-state index in [2.05, 4.69) is 43.9 Å². The minimum atomic E-state index is -0.171. The van der Waals surface area contributed by atoms with Crippen LogP contribution in [0.2, 0.25) is 0 Å². The van der Waals surface area contributed by atoms with Crippen molar-refractivity contribution in [3.05, 3.63) is 41.7 Å². The first kappa shape index (κ1) is 26.3. The van der Waals surface area contributed by atoms with Gasteiger partial charge in [0, 0.05) is 55.1 Å². The highest BCUT2D eigenvalue weighted by molar-refractivity contribution is 5.81. The number of nitrogens with two attached hydrogens (primary N) is 2. The number of imidazole rings is 1. The van der Waals surface area contributed by atoms with Crippen LogP contribution in [0.1, 0.15) is 50.7 Å². The topological polar surface area (TPSA) is 131 Å². The second-order valence-electron chi connectivity index (χ2n) is 11.5. The third-order valence-electron chi connectivity index (χ3n) is 7.69. The number of carbonyl (C=O) groups is 1. The average molecular weight is 524 g/mol. The molecule has 2 aromatic heterocycles. The van der Waals surface area contributed by atoms with Gasteiger partial charge in [0.15, 0.2) is 11.5 Å². The quantitative estimate of drug-likeness (QED) is 0.402. The summed E-state index contributed by atoms with van der Waals surface area (Å²) >= 11 is 0. The molecule has 3 fully saturated rings. The van der Waals surface area contributed by atoms with E-state index in [1.807, 2.05) is 10.6 Å². The summed E-state index contributed by atoms with van der Waals surface area (Å²) in [5.41, 5.74) is 16.4. The van der Waals surface area contributed by atoms with E-state index in [1.165, 1.54) is 19.2 Å². The van der Waals surface area contributed by atoms with Crippen LogP contribution < -0.4 is 21.7 Å². The smallest absolute Gasteiger partial charge is 0.207 e. The number of halogens is 1. The maximum absolute atomic E-state index is 15.3. The van der Waals surface area contributed by atoms with Crippen molar-refractivity contribution >= 4 is 29.1 Å². The van der Waals surface area contributed by atoms with Gasteiger partial charge in [0.25, 0.3) is 0 Å². The summed E-state index contributed by atoms with van der Waals surface area (Å²) in [6.07, 6.45) is 8.32. The van der Waals surface area contributed by atoms with E-state index in [0.29, 0.717) is 36.1 Å². The number of nitrogens with zero attached hydrogens (tertiary/aromatic N) is 6. The number of hydrogen-bond acceptors (Lipinski definition) is 8. The number of fused-ring (bicyclic) bond motifs is 1. The van der Waals surface area contributed by atoms with E-state index < -0.39 is 0 Å². The van der Waals surface area contributed by atoms with Gasteiger partial charge in [-0.05, 0) is 49.8 Å². The van der Waals surface area contributed by atoms with Gasteiger partial charge in [0.05, 0.1) is 12.9 Å². The zero-order valence-corrected chi connectivity index (χ0v) is 22.2. The summed E-state index contributed by atoms with van der Waals surface area (Å²) in [6, 6.07) is 4.16. The molecule has 1 amide bonds. The number of hydrogen-bond donors (Lipinski definition) is 3. The van der Waals surface area contributed by atoms with Crippen molar-refractivity contribution in [1.82, 2.24) is 29.7 Å². The van der Waals surface area contributed by atoms with Crippen LogP contribution >= 0.6 is 0 Å². The van der Waals surface area contributed by atoms with Crippen LogP contribution in [-0.2, 0) is 17.9 Å². The molecule has 6 rings (SSSR count). The summed E-state index contributed by atoms with van der Waals surface area (Å²) in [5, 5.41) is 2.64. The molecule has 3 aromatic rings. The maximum Gasteiger partial charge on any atom is 0.207 e. The highest BCUT2D eigenvalue weighted by Crippen LogP contribution is 2.34. The van der Waals surface area contributed by atoms with Gasteiger partial charge < -0.3 is 26.3 Å². The highest BCUT2D eigenvalue weighted by Gasteiger charge is 2.31. The van der Waals surface area contributed by atoms with Gasteiger partial charge in [-0.1, -0.05) is 13.8 Å². The van der Waals surface area contributed by atoms with Crippen LogP contribution in [-0.4, -0.2) is 69.1 Å². The molecule has 204 valence electrons. The minimum Gasteiger partial charge on any atom is -0.382 e. The average Bonchev–Trinajstić information content (AvgIpc) is 3.26. The molecule has 0 spiro atoms. The Hall–Kier alpha value is -3.31. The number of rotatable bonds is 7. The van der Waals surface area contributed by atoms with E-state index >= 15 is 4.39 Å². The molecule has 1 aliphatic carbocycles. The molecule has 4 heterocycles. The fraction of sp³-hybridized carbons (Fsp3) is 0.556. The van der Waals surface area contributed by atoms with E-state index in [9.17, 15) is 4.79 Å². The summed E-state index contributed by atoms with van der Waals surface area (Å²) in [6.45, 7) is 9.16. The number of nitrogens with one attached hydrogen (secondary N) is 1. The van der Waals surface area contributed by atoms with Crippen LogP contribution in [0.5, 0.6) is 0 Å². The van der Waals surface area contributed by atoms with Gasteiger partial charge in [-0.3, -0.25) is 9.69 Å². The lowest BCUT2D eigenvalue weighted by molar-refractivity contribution is -0.109. The number of amides is 1. The molecule has 2 saturated heterocycles. The lowest BCUT2D eigenvalue weighted by atomic mass is 9.93. The molecule has 10 nitrogen and oxygen atoms in total. The molecule has 2 aliphatic heterocycles. The molecule has 5 N–H and O–H groups in total. The molecule has 1 atom stereocenters. The number of aromatic nitrogens is 4. The Kier molecular flexibility index (Phi) is 7.49. The SMILES string of the molecule is CC1(C)CCN(Cc2c(F)ccc(N3CCC(N)C3)c2Cn2cnc3c(N)ncnc32)C1.O=CNC1CC1. The van der Waals surface area contributed by atoms with E-state index in [4.69, 9.17) is 11.5 Å². The third kappa shape index (κ3) is 5.88. The van der Waals surface area contributed by atoms with Crippen molar-refractivity contribution < 1.29 is 9.18 Å². The zero-order valence-electron chi connectivity index (χ0n) is 22.2. The van der Waals surface area contributed by atoms with Gasteiger partial charge in [-0.25, -0.2) is 19.3 Å². The van der Waals surface area contributed by atoms with Crippen molar-refractivity contribution in [3.8, 4) is 0 Å². The van der Waals surface area contributed by atoms with Crippen LogP contribution in [0, 0.1) is 11.2 Å². The Balaban J connectivity index is 0.000000433. The first-order valence-corrected chi connectivity index (χ1v) is 13.4. The normalized spacial score (nSPS) is 20.9.